The molecule has 0 fully saturated rings. The van der Waals surface area contributed by atoms with Crippen LogP contribution in [0.3, 0.4) is 0 Å². The predicted octanol–water partition coefficient (Wildman–Crippen LogP) is 1.20. The van der Waals surface area contributed by atoms with Crippen LogP contribution in [0, 0.1) is 6.92 Å². The zero-order chi connectivity index (χ0) is 11.1. The molecule has 0 saturated heterocycles. The van der Waals surface area contributed by atoms with Crippen molar-refractivity contribution in [2.75, 3.05) is 5.75 Å². The molecule has 0 aromatic carbocycles. The summed E-state index contributed by atoms with van der Waals surface area (Å²) in [6.07, 6.45) is 1.62. The van der Waals surface area contributed by atoms with E-state index in [9.17, 15) is 4.79 Å². The molecule has 1 rings (SSSR count). The van der Waals surface area contributed by atoms with E-state index in [2.05, 4.69) is 25.3 Å². The summed E-state index contributed by atoms with van der Waals surface area (Å²) in [5.74, 6) is 0.0633. The van der Waals surface area contributed by atoms with Gasteiger partial charge in [0.1, 0.15) is 11.8 Å². The number of aliphatic carboxylic acids is 1. The quantitative estimate of drug-likeness (QED) is 0.581. The van der Waals surface area contributed by atoms with Gasteiger partial charge in [0.25, 0.3) is 0 Å². The molecule has 0 aliphatic rings. The monoisotopic (exact) mass is 235 g/mol. The van der Waals surface area contributed by atoms with E-state index in [1.807, 2.05) is 13.0 Å². The van der Waals surface area contributed by atoms with Crippen LogP contribution in [0.25, 0.3) is 0 Å². The highest BCUT2D eigenvalue weighted by Gasteiger charge is 2.06. The molecule has 1 aromatic heterocycles. The van der Waals surface area contributed by atoms with Crippen LogP contribution < -0.4 is 5.73 Å². The highest BCUT2D eigenvalue weighted by molar-refractivity contribution is 7.80. The molecule has 3 N–H and O–H groups in total. The third kappa shape index (κ3) is 5.21. The van der Waals surface area contributed by atoms with Crippen molar-refractivity contribution in [3.63, 3.8) is 0 Å². The van der Waals surface area contributed by atoms with Gasteiger partial charge in [0, 0.05) is 10.6 Å². The number of hydrogen-bond donors (Lipinski definition) is 4. The summed E-state index contributed by atoms with van der Waals surface area (Å²) >= 11 is 7.70. The second-order valence-corrected chi connectivity index (χ2v) is 3.34. The normalized spacial score (nSPS) is 11.4. The summed E-state index contributed by atoms with van der Waals surface area (Å²) in [6, 6.07) is 1.00. The number of rotatable bonds is 2. The predicted molar refractivity (Wildman–Crippen MR) is 60.2 cm³/mol. The van der Waals surface area contributed by atoms with Gasteiger partial charge in [-0.05, 0) is 13.0 Å². The van der Waals surface area contributed by atoms with E-state index in [4.69, 9.17) is 15.3 Å². The minimum Gasteiger partial charge on any atom is -0.480 e. The number of carbonyl (C=O) groups is 1. The standard InChI is InChI=1S/C5H6OS.C3H7NO2S/c1-4-5(7)2-3-6-4;4-2(1-7)3(5)6/h2-3,7H,1H3;2,7H,1,4H2,(H,5,6). The van der Waals surface area contributed by atoms with E-state index in [-0.39, 0.29) is 5.75 Å². The van der Waals surface area contributed by atoms with Crippen LogP contribution in [-0.4, -0.2) is 22.9 Å². The number of carboxylic acids is 1. The summed E-state index contributed by atoms with van der Waals surface area (Å²) < 4.78 is 4.89. The number of thiol groups is 2. The topological polar surface area (TPSA) is 76.5 Å². The van der Waals surface area contributed by atoms with Gasteiger partial charge in [-0.15, -0.1) is 12.6 Å². The fourth-order valence-electron chi connectivity index (χ4n) is 0.456. The molecule has 6 heteroatoms. The van der Waals surface area contributed by atoms with Crippen LogP contribution in [0.2, 0.25) is 0 Å². The van der Waals surface area contributed by atoms with Crippen molar-refractivity contribution < 1.29 is 14.3 Å². The Hall–Kier alpha value is -0.590. The minimum absolute atomic E-state index is 0.190. The number of carboxylic acid groups (broad SMARTS) is 1. The molecule has 0 aliphatic heterocycles. The van der Waals surface area contributed by atoms with Gasteiger partial charge in [-0.25, -0.2) is 0 Å². The first-order chi connectivity index (χ1) is 6.49. The van der Waals surface area contributed by atoms with Gasteiger partial charge < -0.3 is 15.3 Å². The van der Waals surface area contributed by atoms with Crippen LogP contribution in [0.5, 0.6) is 0 Å². The first kappa shape index (κ1) is 13.4. The van der Waals surface area contributed by atoms with Crippen LogP contribution in [-0.2, 0) is 4.79 Å². The van der Waals surface area contributed by atoms with Crippen molar-refractivity contribution in [3.05, 3.63) is 18.1 Å². The lowest BCUT2D eigenvalue weighted by molar-refractivity contribution is -0.137. The van der Waals surface area contributed by atoms with E-state index >= 15 is 0 Å². The molecule has 0 bridgehead atoms. The van der Waals surface area contributed by atoms with Crippen LogP contribution in [0.15, 0.2) is 21.6 Å². The Morgan fingerprint density at radius 2 is 2.36 bits per heavy atom. The van der Waals surface area contributed by atoms with Gasteiger partial charge in [-0.3, -0.25) is 4.79 Å². The molecule has 14 heavy (non-hydrogen) atoms. The van der Waals surface area contributed by atoms with Crippen molar-refractivity contribution in [1.29, 1.82) is 0 Å². The van der Waals surface area contributed by atoms with Crippen molar-refractivity contribution >= 4 is 31.2 Å². The zero-order valence-electron chi connectivity index (χ0n) is 7.67. The van der Waals surface area contributed by atoms with Gasteiger partial charge in [0.2, 0.25) is 0 Å². The smallest absolute Gasteiger partial charge is 0.321 e. The molecule has 0 aliphatic carbocycles. The Labute approximate surface area is 93.3 Å². The molecule has 0 saturated carbocycles. The van der Waals surface area contributed by atoms with E-state index in [0.29, 0.717) is 0 Å². The maximum atomic E-state index is 9.76. The van der Waals surface area contributed by atoms with E-state index in [1.165, 1.54) is 0 Å². The molecule has 1 atom stereocenters. The molecule has 0 amide bonds. The van der Waals surface area contributed by atoms with Gasteiger partial charge >= 0.3 is 5.97 Å². The first-order valence-electron chi connectivity index (χ1n) is 3.81. The Balaban J connectivity index is 0.000000241. The summed E-state index contributed by atoms with van der Waals surface area (Å²) in [7, 11) is 0. The summed E-state index contributed by atoms with van der Waals surface area (Å²) in [5, 5.41) is 8.01. The maximum absolute atomic E-state index is 9.76. The van der Waals surface area contributed by atoms with Crippen molar-refractivity contribution in [1.82, 2.24) is 0 Å². The second-order valence-electron chi connectivity index (χ2n) is 2.49. The lowest BCUT2D eigenvalue weighted by Crippen LogP contribution is -2.31. The van der Waals surface area contributed by atoms with E-state index < -0.39 is 12.0 Å². The molecule has 1 heterocycles. The molecule has 1 aromatic rings. The lowest BCUT2D eigenvalue weighted by Gasteiger charge is -1.96. The minimum atomic E-state index is -1.00. The van der Waals surface area contributed by atoms with Gasteiger partial charge in [0.15, 0.2) is 0 Å². The second kappa shape index (κ2) is 6.80. The van der Waals surface area contributed by atoms with Crippen LogP contribution >= 0.6 is 25.3 Å². The molecule has 4 nitrogen and oxygen atoms in total. The Morgan fingerprint density at radius 1 is 1.79 bits per heavy atom. The van der Waals surface area contributed by atoms with Crippen molar-refractivity contribution in [2.24, 2.45) is 5.73 Å². The van der Waals surface area contributed by atoms with E-state index in [0.717, 1.165) is 10.7 Å². The number of aryl methyl sites for hydroxylation is 1. The highest BCUT2D eigenvalue weighted by Crippen LogP contribution is 2.11. The molecule has 80 valence electrons. The zero-order valence-corrected chi connectivity index (χ0v) is 9.46. The SMILES string of the molecule is Cc1occc1S.NC(CS)C(=O)O. The maximum Gasteiger partial charge on any atom is 0.321 e. The van der Waals surface area contributed by atoms with Gasteiger partial charge in [-0.1, -0.05) is 0 Å². The number of furan rings is 1. The molecular formula is C8H13NO3S2. The molecule has 0 spiro atoms. The fraction of sp³-hybridized carbons (Fsp3) is 0.375. The van der Waals surface area contributed by atoms with Crippen molar-refractivity contribution in [2.45, 2.75) is 17.9 Å². The van der Waals surface area contributed by atoms with Crippen LogP contribution in [0.4, 0.5) is 0 Å². The van der Waals surface area contributed by atoms with Crippen molar-refractivity contribution in [3.8, 4) is 0 Å². The average Bonchev–Trinajstić information content (AvgIpc) is 2.50. The highest BCUT2D eigenvalue weighted by atomic mass is 32.1. The van der Waals surface area contributed by atoms with Gasteiger partial charge in [0.05, 0.1) is 6.26 Å². The van der Waals surface area contributed by atoms with Gasteiger partial charge in [-0.2, -0.15) is 12.6 Å². The average molecular weight is 235 g/mol. The fourth-order valence-corrected chi connectivity index (χ4v) is 0.726. The molecule has 0 radical (unpaired) electrons. The Bertz CT molecular complexity index is 271. The largest absolute Gasteiger partial charge is 0.480 e. The lowest BCUT2D eigenvalue weighted by atomic mass is 10.4. The molecular weight excluding hydrogens is 222 g/mol. The van der Waals surface area contributed by atoms with Crippen LogP contribution in [0.1, 0.15) is 5.76 Å². The summed E-state index contributed by atoms with van der Waals surface area (Å²) in [4.78, 5) is 10.7. The summed E-state index contributed by atoms with van der Waals surface area (Å²) in [6.45, 7) is 1.88. The first-order valence-corrected chi connectivity index (χ1v) is 4.89. The van der Waals surface area contributed by atoms with E-state index in [1.54, 1.807) is 6.26 Å². The number of nitrogens with two attached hydrogens (primary N) is 1. The molecule has 1 unspecified atom stereocenters. The third-order valence-corrected chi connectivity index (χ3v) is 2.20. The Morgan fingerprint density at radius 3 is 2.43 bits per heavy atom. The Kier molecular flexibility index (Phi) is 6.52. The number of hydrogen-bond acceptors (Lipinski definition) is 5. The third-order valence-electron chi connectivity index (χ3n) is 1.35. The summed E-state index contributed by atoms with van der Waals surface area (Å²) in [5.41, 5.74) is 4.94.